The molecular formula is C19H21N5O. The Labute approximate surface area is 146 Å². The minimum atomic E-state index is -0.512. The number of hydrogen-bond donors (Lipinski definition) is 0. The summed E-state index contributed by atoms with van der Waals surface area (Å²) in [5.41, 5.74) is 2.32. The van der Waals surface area contributed by atoms with Crippen molar-refractivity contribution in [2.24, 2.45) is 23.4 Å². The average molecular weight is 335 g/mol. The second-order valence-electron chi connectivity index (χ2n) is 7.33. The molecule has 2 aromatic rings. The van der Waals surface area contributed by atoms with Crippen molar-refractivity contribution in [3.63, 3.8) is 0 Å². The van der Waals surface area contributed by atoms with Crippen molar-refractivity contribution >= 4 is 23.6 Å². The van der Waals surface area contributed by atoms with Crippen LogP contribution in [0.1, 0.15) is 25.1 Å². The lowest BCUT2D eigenvalue weighted by molar-refractivity contribution is -0.124. The third kappa shape index (κ3) is 2.40. The summed E-state index contributed by atoms with van der Waals surface area (Å²) in [7, 11) is 1.91. The highest BCUT2D eigenvalue weighted by Crippen LogP contribution is 2.45. The van der Waals surface area contributed by atoms with Crippen LogP contribution in [0.4, 0.5) is 5.82 Å². The summed E-state index contributed by atoms with van der Waals surface area (Å²) in [5, 5.41) is 0. The van der Waals surface area contributed by atoms with Crippen LogP contribution in [0, 0.1) is 18.3 Å². The van der Waals surface area contributed by atoms with Crippen LogP contribution in [0.25, 0.3) is 5.70 Å². The van der Waals surface area contributed by atoms with E-state index in [0.29, 0.717) is 5.82 Å². The number of aromatic nitrogens is 3. The van der Waals surface area contributed by atoms with E-state index in [0.717, 1.165) is 17.0 Å². The van der Waals surface area contributed by atoms with Crippen LogP contribution < -0.4 is 4.90 Å². The van der Waals surface area contributed by atoms with Gasteiger partial charge in [0, 0.05) is 42.8 Å². The largest absolute Gasteiger partial charge is 0.338 e. The summed E-state index contributed by atoms with van der Waals surface area (Å²) in [6.45, 7) is 5.93. The lowest BCUT2D eigenvalue weighted by atomic mass is 9.78. The zero-order chi connectivity index (χ0) is 17.8. The molecule has 25 heavy (non-hydrogen) atoms. The number of hydrogen-bond acceptors (Lipinski definition) is 4. The SMILES string of the molecule is Cc1cc(C2=CC3C(C=N2)C(C)(C)C(=O)N3c2cn(C)cn2)ccn1. The molecule has 2 aromatic heterocycles. The van der Waals surface area contributed by atoms with Crippen molar-refractivity contribution < 1.29 is 4.79 Å². The topological polar surface area (TPSA) is 63.4 Å². The number of aliphatic imine (C=N–C) groups is 1. The highest BCUT2D eigenvalue weighted by molar-refractivity contribution is 6.04. The third-order valence-corrected chi connectivity index (χ3v) is 5.10. The van der Waals surface area contributed by atoms with E-state index in [4.69, 9.17) is 0 Å². The molecule has 2 aliphatic heterocycles. The van der Waals surface area contributed by atoms with Gasteiger partial charge in [-0.2, -0.15) is 0 Å². The number of imidazole rings is 1. The zero-order valence-corrected chi connectivity index (χ0v) is 14.8. The maximum atomic E-state index is 13.1. The zero-order valence-electron chi connectivity index (χ0n) is 14.8. The van der Waals surface area contributed by atoms with Crippen LogP contribution in [-0.2, 0) is 11.8 Å². The monoisotopic (exact) mass is 335 g/mol. The van der Waals surface area contributed by atoms with Gasteiger partial charge in [-0.1, -0.05) is 13.8 Å². The molecule has 4 rings (SSSR count). The number of carbonyl (C=O) groups excluding carboxylic acids is 1. The van der Waals surface area contributed by atoms with E-state index in [2.05, 4.69) is 21.0 Å². The number of fused-ring (bicyclic) bond motifs is 1. The number of aryl methyl sites for hydroxylation is 2. The summed E-state index contributed by atoms with van der Waals surface area (Å²) in [6.07, 6.45) is 9.40. The van der Waals surface area contributed by atoms with Crippen molar-refractivity contribution in [2.75, 3.05) is 4.90 Å². The molecule has 4 heterocycles. The van der Waals surface area contributed by atoms with E-state index in [9.17, 15) is 4.79 Å². The van der Waals surface area contributed by atoms with Gasteiger partial charge >= 0.3 is 0 Å². The number of anilines is 1. The van der Waals surface area contributed by atoms with E-state index in [1.165, 1.54) is 0 Å². The average Bonchev–Trinajstić information content (AvgIpc) is 3.08. The molecule has 0 aliphatic carbocycles. The Hall–Kier alpha value is -2.76. The van der Waals surface area contributed by atoms with Gasteiger partial charge < -0.3 is 4.57 Å². The fourth-order valence-corrected chi connectivity index (χ4v) is 3.65. The molecule has 0 N–H and O–H groups in total. The molecule has 1 saturated heterocycles. The summed E-state index contributed by atoms with van der Waals surface area (Å²) in [6, 6.07) is 3.87. The quantitative estimate of drug-likeness (QED) is 0.847. The van der Waals surface area contributed by atoms with Crippen molar-refractivity contribution in [2.45, 2.75) is 26.8 Å². The first-order valence-corrected chi connectivity index (χ1v) is 8.38. The normalized spacial score (nSPS) is 24.4. The van der Waals surface area contributed by atoms with Crippen LogP contribution in [-0.4, -0.2) is 32.7 Å². The van der Waals surface area contributed by atoms with Gasteiger partial charge in [-0.15, -0.1) is 0 Å². The minimum Gasteiger partial charge on any atom is -0.338 e. The highest BCUT2D eigenvalue weighted by Gasteiger charge is 2.54. The Morgan fingerprint density at radius 3 is 2.72 bits per heavy atom. The Balaban J connectivity index is 1.80. The Bertz CT molecular complexity index is 908. The summed E-state index contributed by atoms with van der Waals surface area (Å²) in [5.74, 6) is 0.787. The molecule has 0 bridgehead atoms. The first-order valence-electron chi connectivity index (χ1n) is 8.38. The molecule has 6 nitrogen and oxygen atoms in total. The molecular weight excluding hydrogens is 314 g/mol. The molecule has 1 amide bonds. The summed E-state index contributed by atoms with van der Waals surface area (Å²) < 4.78 is 1.86. The third-order valence-electron chi connectivity index (χ3n) is 5.10. The molecule has 0 aromatic carbocycles. The van der Waals surface area contributed by atoms with Crippen molar-refractivity contribution in [3.05, 3.63) is 48.2 Å². The molecule has 2 aliphatic rings. The second kappa shape index (κ2) is 5.37. The number of nitrogens with zero attached hydrogens (tertiary/aromatic N) is 5. The summed E-state index contributed by atoms with van der Waals surface area (Å²) in [4.78, 5) is 28.2. The van der Waals surface area contributed by atoms with Crippen molar-refractivity contribution in [3.8, 4) is 0 Å². The van der Waals surface area contributed by atoms with Crippen LogP contribution in [0.15, 0.2) is 41.9 Å². The lowest BCUT2D eigenvalue weighted by Crippen LogP contribution is -2.35. The number of pyridine rings is 1. The van der Waals surface area contributed by atoms with Crippen molar-refractivity contribution in [1.29, 1.82) is 0 Å². The fourth-order valence-electron chi connectivity index (χ4n) is 3.65. The van der Waals surface area contributed by atoms with Gasteiger partial charge in [-0.3, -0.25) is 19.7 Å². The first kappa shape index (κ1) is 15.7. The van der Waals surface area contributed by atoms with Crippen LogP contribution >= 0.6 is 0 Å². The molecule has 6 heteroatoms. The van der Waals surface area contributed by atoms with E-state index in [-0.39, 0.29) is 17.9 Å². The van der Waals surface area contributed by atoms with Crippen LogP contribution in [0.3, 0.4) is 0 Å². The lowest BCUT2D eigenvalue weighted by Gasteiger charge is -2.26. The van der Waals surface area contributed by atoms with Gasteiger partial charge in [-0.25, -0.2) is 4.98 Å². The number of rotatable bonds is 2. The molecule has 0 saturated carbocycles. The van der Waals surface area contributed by atoms with Gasteiger partial charge in [0.1, 0.15) is 0 Å². The molecule has 128 valence electrons. The maximum absolute atomic E-state index is 13.1. The predicted molar refractivity (Wildman–Crippen MR) is 97.2 cm³/mol. The van der Waals surface area contributed by atoms with E-state index in [1.54, 1.807) is 12.5 Å². The van der Waals surface area contributed by atoms with E-state index in [1.807, 2.05) is 61.8 Å². The standard InChI is InChI=1S/C19H21N5O/c1-12-7-13(5-6-20-12)15-8-16-14(9-21-15)19(2,3)18(25)24(16)17-10-23(4)11-22-17/h5-11,14,16H,1-4H3. The maximum Gasteiger partial charge on any atom is 0.235 e. The Kier molecular flexibility index (Phi) is 3.39. The van der Waals surface area contributed by atoms with Gasteiger partial charge in [0.25, 0.3) is 0 Å². The van der Waals surface area contributed by atoms with Gasteiger partial charge in [0.2, 0.25) is 5.91 Å². The first-order chi connectivity index (χ1) is 11.9. The van der Waals surface area contributed by atoms with Crippen LogP contribution in [0.2, 0.25) is 0 Å². The number of carbonyl (C=O) groups is 1. The highest BCUT2D eigenvalue weighted by atomic mass is 16.2. The van der Waals surface area contributed by atoms with Crippen molar-refractivity contribution in [1.82, 2.24) is 14.5 Å². The molecule has 2 unspecified atom stereocenters. The minimum absolute atomic E-state index is 0.0219. The summed E-state index contributed by atoms with van der Waals surface area (Å²) >= 11 is 0. The smallest absolute Gasteiger partial charge is 0.235 e. The molecule has 2 atom stereocenters. The van der Waals surface area contributed by atoms with E-state index >= 15 is 0 Å². The second-order valence-corrected chi connectivity index (χ2v) is 7.33. The van der Waals surface area contributed by atoms with E-state index < -0.39 is 5.41 Å². The van der Waals surface area contributed by atoms with Crippen LogP contribution in [0.5, 0.6) is 0 Å². The Morgan fingerprint density at radius 1 is 1.24 bits per heavy atom. The fraction of sp³-hybridized carbons (Fsp3) is 0.368. The van der Waals surface area contributed by atoms with Gasteiger partial charge in [0.05, 0.1) is 23.5 Å². The molecule has 0 radical (unpaired) electrons. The predicted octanol–water partition coefficient (Wildman–Crippen LogP) is 2.61. The Morgan fingerprint density at radius 2 is 2.04 bits per heavy atom. The van der Waals surface area contributed by atoms with Gasteiger partial charge in [-0.05, 0) is 25.1 Å². The molecule has 0 spiro atoms. The number of amides is 1. The molecule has 1 fully saturated rings. The van der Waals surface area contributed by atoms with Gasteiger partial charge in [0.15, 0.2) is 5.82 Å².